The molecule has 1 N–H and O–H groups in total. The van der Waals surface area contributed by atoms with E-state index in [0.29, 0.717) is 6.04 Å². The molecule has 1 aromatic rings. The minimum Gasteiger partial charge on any atom is -0.311 e. The minimum atomic E-state index is 0.631. The van der Waals surface area contributed by atoms with E-state index in [2.05, 4.69) is 46.1 Å². The summed E-state index contributed by atoms with van der Waals surface area (Å²) in [5, 5.41) is 10.9. The summed E-state index contributed by atoms with van der Waals surface area (Å²) in [6.45, 7) is 9.26. The van der Waals surface area contributed by atoms with Crippen LogP contribution in [0.15, 0.2) is 4.63 Å². The van der Waals surface area contributed by atoms with E-state index in [9.17, 15) is 0 Å². The van der Waals surface area contributed by atoms with Crippen molar-refractivity contribution in [3.63, 3.8) is 0 Å². The van der Waals surface area contributed by atoms with Gasteiger partial charge in [0.25, 0.3) is 0 Å². The predicted octanol–water partition coefficient (Wildman–Crippen LogP) is 1.59. The number of hydrogen-bond donors (Lipinski definition) is 1. The van der Waals surface area contributed by atoms with Gasteiger partial charge in [-0.25, -0.2) is 4.63 Å². The molecule has 0 fully saturated rings. The summed E-state index contributed by atoms with van der Waals surface area (Å²) in [7, 11) is 2.17. The zero-order chi connectivity index (χ0) is 12.7. The molecule has 0 atom stereocenters. The van der Waals surface area contributed by atoms with E-state index in [0.717, 1.165) is 31.0 Å². The third-order valence-electron chi connectivity index (χ3n) is 3.03. The van der Waals surface area contributed by atoms with Crippen LogP contribution in [0.5, 0.6) is 0 Å². The maximum Gasteiger partial charge on any atom is 0.121 e. The molecule has 0 aliphatic rings. The van der Waals surface area contributed by atoms with Crippen LogP contribution < -0.4 is 5.32 Å². The lowest BCUT2D eigenvalue weighted by Gasteiger charge is -2.20. The Bertz CT molecular complexity index is 311. The fourth-order valence-corrected chi connectivity index (χ4v) is 1.49. The van der Waals surface area contributed by atoms with E-state index in [-0.39, 0.29) is 0 Å². The number of aromatic nitrogens is 2. The van der Waals surface area contributed by atoms with Crippen LogP contribution in [-0.4, -0.2) is 41.4 Å². The van der Waals surface area contributed by atoms with Crippen molar-refractivity contribution in [2.45, 2.75) is 46.2 Å². The average Bonchev–Trinajstić information content (AvgIpc) is 2.68. The monoisotopic (exact) mass is 240 g/mol. The van der Waals surface area contributed by atoms with Crippen LogP contribution >= 0.6 is 0 Å². The SMILES string of the molecule is Cc1nonc1CNCCCCN(C)C(C)C. The Labute approximate surface area is 104 Å². The van der Waals surface area contributed by atoms with E-state index in [1.807, 2.05) is 6.92 Å². The molecule has 0 aromatic carbocycles. The molecule has 0 saturated heterocycles. The molecule has 17 heavy (non-hydrogen) atoms. The van der Waals surface area contributed by atoms with Crippen LogP contribution in [0.3, 0.4) is 0 Å². The van der Waals surface area contributed by atoms with Gasteiger partial charge in [-0.3, -0.25) is 0 Å². The van der Waals surface area contributed by atoms with E-state index in [1.54, 1.807) is 0 Å². The van der Waals surface area contributed by atoms with Gasteiger partial charge in [0.15, 0.2) is 0 Å². The van der Waals surface area contributed by atoms with Crippen LogP contribution in [-0.2, 0) is 6.54 Å². The van der Waals surface area contributed by atoms with Crippen molar-refractivity contribution < 1.29 is 4.63 Å². The summed E-state index contributed by atoms with van der Waals surface area (Å²) in [6, 6.07) is 0.631. The lowest BCUT2D eigenvalue weighted by molar-refractivity contribution is 0.268. The molecule has 98 valence electrons. The van der Waals surface area contributed by atoms with Gasteiger partial charge in [0.2, 0.25) is 0 Å². The lowest BCUT2D eigenvalue weighted by Crippen LogP contribution is -2.27. The highest BCUT2D eigenvalue weighted by Gasteiger charge is 2.04. The zero-order valence-electron chi connectivity index (χ0n) is 11.4. The fourth-order valence-electron chi connectivity index (χ4n) is 1.49. The average molecular weight is 240 g/mol. The van der Waals surface area contributed by atoms with Gasteiger partial charge in [0.05, 0.1) is 0 Å². The maximum absolute atomic E-state index is 4.63. The van der Waals surface area contributed by atoms with Gasteiger partial charge in [-0.2, -0.15) is 0 Å². The predicted molar refractivity (Wildman–Crippen MR) is 67.7 cm³/mol. The van der Waals surface area contributed by atoms with Crippen LogP contribution in [0.2, 0.25) is 0 Å². The van der Waals surface area contributed by atoms with Crippen molar-refractivity contribution >= 4 is 0 Å². The van der Waals surface area contributed by atoms with E-state index in [1.165, 1.54) is 12.8 Å². The Balaban J connectivity index is 2.00. The van der Waals surface area contributed by atoms with Crippen molar-refractivity contribution in [2.24, 2.45) is 0 Å². The van der Waals surface area contributed by atoms with Crippen molar-refractivity contribution in [3.05, 3.63) is 11.4 Å². The van der Waals surface area contributed by atoms with Gasteiger partial charge < -0.3 is 10.2 Å². The normalized spacial score (nSPS) is 11.6. The number of rotatable bonds is 8. The standard InChI is InChI=1S/C12H24N4O/c1-10(2)16(4)8-6-5-7-13-9-12-11(3)14-17-15-12/h10,13H,5-9H2,1-4H3. The van der Waals surface area contributed by atoms with Gasteiger partial charge in [0, 0.05) is 12.6 Å². The van der Waals surface area contributed by atoms with Crippen molar-refractivity contribution in [1.29, 1.82) is 0 Å². The third-order valence-corrected chi connectivity index (χ3v) is 3.03. The summed E-state index contributed by atoms with van der Waals surface area (Å²) < 4.78 is 4.63. The molecule has 5 nitrogen and oxygen atoms in total. The van der Waals surface area contributed by atoms with Gasteiger partial charge >= 0.3 is 0 Å². The quantitative estimate of drug-likeness (QED) is 0.699. The maximum atomic E-state index is 4.63. The summed E-state index contributed by atoms with van der Waals surface area (Å²) in [4.78, 5) is 2.37. The molecule has 0 spiro atoms. The fraction of sp³-hybridized carbons (Fsp3) is 0.833. The van der Waals surface area contributed by atoms with Crippen LogP contribution in [0.1, 0.15) is 38.1 Å². The lowest BCUT2D eigenvalue weighted by atomic mass is 10.2. The molecule has 5 heteroatoms. The Morgan fingerprint density at radius 1 is 1.29 bits per heavy atom. The van der Waals surface area contributed by atoms with Crippen molar-refractivity contribution in [1.82, 2.24) is 20.5 Å². The first kappa shape index (κ1) is 14.1. The Morgan fingerprint density at radius 3 is 2.65 bits per heavy atom. The second-order valence-electron chi connectivity index (χ2n) is 4.75. The summed E-state index contributed by atoms with van der Waals surface area (Å²) in [5.41, 5.74) is 1.78. The van der Waals surface area contributed by atoms with Gasteiger partial charge in [-0.1, -0.05) is 10.3 Å². The smallest absolute Gasteiger partial charge is 0.121 e. The molecular weight excluding hydrogens is 216 g/mol. The summed E-state index contributed by atoms with van der Waals surface area (Å²) >= 11 is 0. The first-order chi connectivity index (χ1) is 8.11. The topological polar surface area (TPSA) is 54.2 Å². The van der Waals surface area contributed by atoms with E-state index in [4.69, 9.17) is 0 Å². The number of aryl methyl sites for hydroxylation is 1. The second kappa shape index (κ2) is 7.40. The van der Waals surface area contributed by atoms with Crippen LogP contribution in [0.4, 0.5) is 0 Å². The number of nitrogens with zero attached hydrogens (tertiary/aromatic N) is 3. The van der Waals surface area contributed by atoms with E-state index >= 15 is 0 Å². The highest BCUT2D eigenvalue weighted by atomic mass is 16.6. The van der Waals surface area contributed by atoms with Crippen LogP contribution in [0, 0.1) is 6.92 Å². The zero-order valence-corrected chi connectivity index (χ0v) is 11.4. The molecule has 1 aromatic heterocycles. The van der Waals surface area contributed by atoms with Crippen molar-refractivity contribution in [3.8, 4) is 0 Å². The van der Waals surface area contributed by atoms with Crippen molar-refractivity contribution in [2.75, 3.05) is 20.1 Å². The molecule has 1 rings (SSSR count). The molecule has 0 amide bonds. The van der Waals surface area contributed by atoms with Gasteiger partial charge in [-0.15, -0.1) is 0 Å². The summed E-state index contributed by atoms with van der Waals surface area (Å²) in [6.07, 6.45) is 2.40. The highest BCUT2D eigenvalue weighted by Crippen LogP contribution is 2.00. The first-order valence-corrected chi connectivity index (χ1v) is 6.30. The van der Waals surface area contributed by atoms with Gasteiger partial charge in [0.1, 0.15) is 11.4 Å². The first-order valence-electron chi connectivity index (χ1n) is 6.30. The Kier molecular flexibility index (Phi) is 6.15. The number of nitrogens with one attached hydrogen (secondary N) is 1. The second-order valence-corrected chi connectivity index (χ2v) is 4.75. The molecule has 0 bridgehead atoms. The molecule has 0 unspecified atom stereocenters. The van der Waals surface area contributed by atoms with Crippen LogP contribution in [0.25, 0.3) is 0 Å². The number of unbranched alkanes of at least 4 members (excludes halogenated alkanes) is 1. The largest absolute Gasteiger partial charge is 0.311 e. The molecule has 0 aliphatic heterocycles. The number of hydrogen-bond acceptors (Lipinski definition) is 5. The van der Waals surface area contributed by atoms with E-state index < -0.39 is 0 Å². The molecular formula is C12H24N4O. The third kappa shape index (κ3) is 5.28. The molecule has 0 saturated carbocycles. The minimum absolute atomic E-state index is 0.631. The Hall–Kier alpha value is -0.940. The molecule has 0 radical (unpaired) electrons. The molecule has 0 aliphatic carbocycles. The highest BCUT2D eigenvalue weighted by molar-refractivity contribution is 5.03. The Morgan fingerprint density at radius 2 is 2.06 bits per heavy atom. The summed E-state index contributed by atoms with van der Waals surface area (Å²) in [5.74, 6) is 0. The molecule has 1 heterocycles. The van der Waals surface area contributed by atoms with Gasteiger partial charge in [-0.05, 0) is 53.8 Å².